The van der Waals surface area contributed by atoms with Gasteiger partial charge in [0.1, 0.15) is 18.5 Å². The number of hydrogen-bond acceptors (Lipinski definition) is 2. The van der Waals surface area contributed by atoms with Crippen molar-refractivity contribution in [2.75, 3.05) is 6.61 Å². The van der Waals surface area contributed by atoms with E-state index in [1.54, 1.807) is 0 Å². The van der Waals surface area contributed by atoms with Gasteiger partial charge in [-0.05, 0) is 23.6 Å². The van der Waals surface area contributed by atoms with E-state index in [1.807, 2.05) is 12.1 Å². The normalized spacial score (nSPS) is 20.2. The predicted molar refractivity (Wildman–Crippen MR) is 51.0 cm³/mol. The van der Waals surface area contributed by atoms with Gasteiger partial charge in [0.25, 0.3) is 0 Å². The van der Waals surface area contributed by atoms with Gasteiger partial charge in [0.05, 0.1) is 0 Å². The van der Waals surface area contributed by atoms with Gasteiger partial charge in [-0.15, -0.1) is 0 Å². The van der Waals surface area contributed by atoms with E-state index in [-0.39, 0.29) is 0 Å². The quantitative estimate of drug-likeness (QED) is 0.714. The zero-order chi connectivity index (χ0) is 9.42. The second kappa shape index (κ2) is 3.04. The molecule has 1 heterocycles. The standard InChI is InChI=1S/C11H14O2/c1-7(2)8-3-4-11-9(5-8)10(12)6-13-11/h3-5,7,10,12H,6H2,1-2H3/t10-/m0/s1. The van der Waals surface area contributed by atoms with Crippen LogP contribution in [0.1, 0.15) is 37.0 Å². The monoisotopic (exact) mass is 178 g/mol. The van der Waals surface area contributed by atoms with Crippen LogP contribution >= 0.6 is 0 Å². The van der Waals surface area contributed by atoms with Crippen molar-refractivity contribution in [1.29, 1.82) is 0 Å². The lowest BCUT2D eigenvalue weighted by atomic mass is 9.99. The van der Waals surface area contributed by atoms with Crippen LogP contribution in [0.5, 0.6) is 5.75 Å². The van der Waals surface area contributed by atoms with Crippen LogP contribution in [0.15, 0.2) is 18.2 Å². The smallest absolute Gasteiger partial charge is 0.125 e. The molecule has 0 unspecified atom stereocenters. The maximum Gasteiger partial charge on any atom is 0.125 e. The highest BCUT2D eigenvalue weighted by Crippen LogP contribution is 2.34. The maximum atomic E-state index is 9.56. The van der Waals surface area contributed by atoms with Crippen LogP contribution in [0.4, 0.5) is 0 Å². The molecule has 1 aliphatic heterocycles. The van der Waals surface area contributed by atoms with Gasteiger partial charge in [-0.3, -0.25) is 0 Å². The molecule has 2 heteroatoms. The summed E-state index contributed by atoms with van der Waals surface area (Å²) in [7, 11) is 0. The molecule has 0 saturated carbocycles. The van der Waals surface area contributed by atoms with Crippen molar-refractivity contribution >= 4 is 0 Å². The molecule has 0 amide bonds. The van der Waals surface area contributed by atoms with Crippen LogP contribution in [0.2, 0.25) is 0 Å². The molecule has 70 valence electrons. The second-order valence-electron chi connectivity index (χ2n) is 3.78. The third-order valence-corrected chi connectivity index (χ3v) is 2.46. The van der Waals surface area contributed by atoms with Gasteiger partial charge >= 0.3 is 0 Å². The third-order valence-electron chi connectivity index (χ3n) is 2.46. The Bertz CT molecular complexity index is 318. The van der Waals surface area contributed by atoms with Crippen molar-refractivity contribution in [1.82, 2.24) is 0 Å². The Morgan fingerprint density at radius 1 is 1.46 bits per heavy atom. The average Bonchev–Trinajstić information content (AvgIpc) is 2.47. The number of hydrogen-bond donors (Lipinski definition) is 1. The molecule has 2 nitrogen and oxygen atoms in total. The summed E-state index contributed by atoms with van der Waals surface area (Å²) in [5.41, 5.74) is 2.19. The predicted octanol–water partition coefficient (Wildman–Crippen LogP) is 2.24. The van der Waals surface area contributed by atoms with E-state index in [0.717, 1.165) is 11.3 Å². The zero-order valence-corrected chi connectivity index (χ0v) is 7.95. The van der Waals surface area contributed by atoms with Gasteiger partial charge < -0.3 is 9.84 Å². The Balaban J connectivity index is 2.42. The topological polar surface area (TPSA) is 29.5 Å². The van der Waals surface area contributed by atoms with Crippen molar-refractivity contribution in [3.05, 3.63) is 29.3 Å². The van der Waals surface area contributed by atoms with E-state index in [4.69, 9.17) is 4.74 Å². The Hall–Kier alpha value is -1.02. The lowest BCUT2D eigenvalue weighted by Crippen LogP contribution is -1.97. The average molecular weight is 178 g/mol. The van der Waals surface area contributed by atoms with E-state index < -0.39 is 6.10 Å². The summed E-state index contributed by atoms with van der Waals surface area (Å²) < 4.78 is 5.30. The molecule has 0 fully saturated rings. The molecule has 2 rings (SSSR count). The largest absolute Gasteiger partial charge is 0.490 e. The highest BCUT2D eigenvalue weighted by atomic mass is 16.5. The summed E-state index contributed by atoms with van der Waals surface area (Å²) >= 11 is 0. The molecule has 0 spiro atoms. The maximum absolute atomic E-state index is 9.56. The summed E-state index contributed by atoms with van der Waals surface area (Å²) in [5.74, 6) is 1.33. The van der Waals surface area contributed by atoms with Gasteiger partial charge in [0, 0.05) is 5.56 Å². The summed E-state index contributed by atoms with van der Waals surface area (Å²) in [6.45, 7) is 4.69. The van der Waals surface area contributed by atoms with Crippen molar-refractivity contribution in [2.45, 2.75) is 25.9 Å². The fraction of sp³-hybridized carbons (Fsp3) is 0.455. The van der Waals surface area contributed by atoms with Crippen molar-refractivity contribution in [2.24, 2.45) is 0 Å². The molecule has 13 heavy (non-hydrogen) atoms. The number of benzene rings is 1. The van der Waals surface area contributed by atoms with E-state index in [9.17, 15) is 5.11 Å². The van der Waals surface area contributed by atoms with E-state index in [1.165, 1.54) is 5.56 Å². The number of fused-ring (bicyclic) bond motifs is 1. The SMILES string of the molecule is CC(C)c1ccc2c(c1)[C@@H](O)CO2. The van der Waals surface area contributed by atoms with Crippen LogP contribution in [0, 0.1) is 0 Å². The number of aliphatic hydroxyl groups is 1. The molecular weight excluding hydrogens is 164 g/mol. The first-order chi connectivity index (χ1) is 6.18. The van der Waals surface area contributed by atoms with Crippen LogP contribution in [-0.2, 0) is 0 Å². The van der Waals surface area contributed by atoms with Crippen LogP contribution in [0.3, 0.4) is 0 Å². The molecule has 1 aromatic rings. The first kappa shape index (κ1) is 8.57. The molecule has 0 saturated heterocycles. The van der Waals surface area contributed by atoms with Crippen molar-refractivity contribution in [3.8, 4) is 5.75 Å². The minimum Gasteiger partial charge on any atom is -0.490 e. The molecule has 1 atom stereocenters. The van der Waals surface area contributed by atoms with Crippen molar-refractivity contribution < 1.29 is 9.84 Å². The van der Waals surface area contributed by atoms with Gasteiger partial charge in [-0.2, -0.15) is 0 Å². The molecule has 0 aromatic heterocycles. The Kier molecular flexibility index (Phi) is 2.00. The van der Waals surface area contributed by atoms with Crippen molar-refractivity contribution in [3.63, 3.8) is 0 Å². The van der Waals surface area contributed by atoms with Gasteiger partial charge in [-0.25, -0.2) is 0 Å². The number of rotatable bonds is 1. The lowest BCUT2D eigenvalue weighted by molar-refractivity contribution is 0.140. The Labute approximate surface area is 78.2 Å². The zero-order valence-electron chi connectivity index (χ0n) is 7.95. The van der Waals surface area contributed by atoms with E-state index in [2.05, 4.69) is 19.9 Å². The van der Waals surface area contributed by atoms with Crippen LogP contribution in [0.25, 0.3) is 0 Å². The number of ether oxygens (including phenoxy) is 1. The lowest BCUT2D eigenvalue weighted by Gasteiger charge is -2.07. The van der Waals surface area contributed by atoms with Gasteiger partial charge in [-0.1, -0.05) is 19.9 Å². The molecule has 1 aliphatic rings. The molecule has 0 bridgehead atoms. The highest BCUT2D eigenvalue weighted by molar-refractivity contribution is 5.42. The molecule has 1 N–H and O–H groups in total. The summed E-state index contributed by atoms with van der Waals surface area (Å²) in [4.78, 5) is 0. The molecule has 0 radical (unpaired) electrons. The Morgan fingerprint density at radius 2 is 2.23 bits per heavy atom. The third kappa shape index (κ3) is 1.42. The highest BCUT2D eigenvalue weighted by Gasteiger charge is 2.22. The molecule has 0 aliphatic carbocycles. The van der Waals surface area contributed by atoms with Crippen LogP contribution in [-0.4, -0.2) is 11.7 Å². The number of aliphatic hydroxyl groups excluding tert-OH is 1. The second-order valence-corrected chi connectivity index (χ2v) is 3.78. The molecular formula is C11H14O2. The van der Waals surface area contributed by atoms with Crippen LogP contribution < -0.4 is 4.74 Å². The first-order valence-electron chi connectivity index (χ1n) is 4.63. The summed E-state index contributed by atoms with van der Waals surface area (Å²) in [6, 6.07) is 6.04. The minimum atomic E-state index is -0.436. The summed E-state index contributed by atoms with van der Waals surface area (Å²) in [6.07, 6.45) is -0.436. The fourth-order valence-electron chi connectivity index (χ4n) is 1.58. The minimum absolute atomic E-state index is 0.400. The fourth-order valence-corrected chi connectivity index (χ4v) is 1.58. The van der Waals surface area contributed by atoms with Gasteiger partial charge in [0.2, 0.25) is 0 Å². The van der Waals surface area contributed by atoms with E-state index >= 15 is 0 Å². The summed E-state index contributed by atoms with van der Waals surface area (Å²) in [5, 5.41) is 9.56. The Morgan fingerprint density at radius 3 is 2.92 bits per heavy atom. The van der Waals surface area contributed by atoms with Gasteiger partial charge in [0.15, 0.2) is 0 Å². The first-order valence-corrected chi connectivity index (χ1v) is 4.63. The molecule has 1 aromatic carbocycles. The van der Waals surface area contributed by atoms with E-state index in [0.29, 0.717) is 12.5 Å².